The molecule has 4 heteroatoms. The van der Waals surface area contributed by atoms with Gasteiger partial charge in [0.15, 0.2) is 5.78 Å². The Labute approximate surface area is 178 Å². The molecule has 0 spiro atoms. The van der Waals surface area contributed by atoms with Gasteiger partial charge in [0, 0.05) is 23.2 Å². The molecule has 154 valence electrons. The highest BCUT2D eigenvalue weighted by atomic mass is 79.9. The molecule has 1 heterocycles. The number of benzene rings is 1. The van der Waals surface area contributed by atoms with E-state index in [9.17, 15) is 9.59 Å². The summed E-state index contributed by atoms with van der Waals surface area (Å²) < 4.78 is -0.572. The second-order valence-electron chi connectivity index (χ2n) is 9.27. The highest BCUT2D eigenvalue weighted by molar-refractivity contribution is 9.10. The number of nitrogens with zero attached hydrogens (tertiary/aromatic N) is 1. The summed E-state index contributed by atoms with van der Waals surface area (Å²) in [6, 6.07) is 6.02. The van der Waals surface area contributed by atoms with Gasteiger partial charge in [-0.2, -0.15) is 0 Å². The van der Waals surface area contributed by atoms with Crippen molar-refractivity contribution in [3.8, 4) is 0 Å². The number of halogens is 1. The van der Waals surface area contributed by atoms with Crippen LogP contribution in [0.25, 0.3) is 0 Å². The lowest BCUT2D eigenvalue weighted by atomic mass is 9.79. The molecule has 1 aromatic carbocycles. The molecule has 1 aliphatic heterocycles. The molecule has 0 radical (unpaired) electrons. The van der Waals surface area contributed by atoms with Crippen molar-refractivity contribution in [2.75, 3.05) is 4.90 Å². The number of unbranched alkanes of at least 4 members (excludes halogenated alkanes) is 1. The molecule has 1 aromatic rings. The van der Waals surface area contributed by atoms with Crippen molar-refractivity contribution >= 4 is 33.3 Å². The number of carbonyl (C=O) groups excluding carboxylic acids is 2. The fourth-order valence-corrected chi connectivity index (χ4v) is 5.07. The number of fused-ring (bicyclic) bond motifs is 1. The van der Waals surface area contributed by atoms with Gasteiger partial charge in [0.25, 0.3) is 0 Å². The Bertz CT molecular complexity index is 729. The number of anilines is 1. The van der Waals surface area contributed by atoms with Gasteiger partial charge < -0.3 is 4.90 Å². The maximum absolute atomic E-state index is 13.3. The van der Waals surface area contributed by atoms with Crippen LogP contribution in [0.4, 0.5) is 5.69 Å². The zero-order valence-corrected chi connectivity index (χ0v) is 19.3. The third-order valence-corrected chi connectivity index (χ3v) is 6.86. The third kappa shape index (κ3) is 4.53. The van der Waals surface area contributed by atoms with E-state index in [-0.39, 0.29) is 17.7 Å². The minimum atomic E-state index is -0.572. The molecule has 0 saturated heterocycles. The number of hydrogen-bond donors (Lipinski definition) is 0. The van der Waals surface area contributed by atoms with Crippen molar-refractivity contribution in [1.82, 2.24) is 0 Å². The molecule has 2 aliphatic rings. The van der Waals surface area contributed by atoms with E-state index in [4.69, 9.17) is 0 Å². The van der Waals surface area contributed by atoms with E-state index in [0.717, 1.165) is 42.0 Å². The Kier molecular flexibility index (Phi) is 6.69. The number of alkyl halides is 1. The fraction of sp³-hybridized carbons (Fsp3) is 0.667. The van der Waals surface area contributed by atoms with Crippen LogP contribution >= 0.6 is 15.9 Å². The normalized spacial score (nSPS) is 24.9. The van der Waals surface area contributed by atoms with E-state index in [2.05, 4.69) is 29.8 Å². The van der Waals surface area contributed by atoms with Gasteiger partial charge in [-0.15, -0.1) is 0 Å². The summed E-state index contributed by atoms with van der Waals surface area (Å²) in [5.74, 6) is 1.35. The van der Waals surface area contributed by atoms with Gasteiger partial charge in [0.05, 0.1) is 4.32 Å². The number of carbonyl (C=O) groups is 2. The summed E-state index contributed by atoms with van der Waals surface area (Å²) in [4.78, 5) is 27.9. The number of amides is 1. The van der Waals surface area contributed by atoms with Crippen LogP contribution in [-0.2, 0) is 11.2 Å². The van der Waals surface area contributed by atoms with E-state index in [1.54, 1.807) is 0 Å². The molecule has 1 aliphatic carbocycles. The monoisotopic (exact) mass is 447 g/mol. The number of ketones is 1. The van der Waals surface area contributed by atoms with Gasteiger partial charge in [-0.25, -0.2) is 0 Å². The fourth-order valence-electron chi connectivity index (χ4n) is 4.84. The van der Waals surface area contributed by atoms with Crippen molar-refractivity contribution in [2.24, 2.45) is 11.8 Å². The van der Waals surface area contributed by atoms with Crippen molar-refractivity contribution in [2.45, 2.75) is 89.4 Å². The van der Waals surface area contributed by atoms with Crippen LogP contribution < -0.4 is 4.90 Å². The third-order valence-electron chi connectivity index (χ3n) is 6.50. The SMILES string of the molecule is CCCCC1CCC(C(=O)N2c3ccc(C(=O)C(C)(C)Br)cc3CC2C)CC1. The summed E-state index contributed by atoms with van der Waals surface area (Å²) >= 11 is 3.47. The molecule has 1 amide bonds. The van der Waals surface area contributed by atoms with E-state index >= 15 is 0 Å². The zero-order valence-electron chi connectivity index (χ0n) is 17.8. The Hall–Kier alpha value is -1.16. The summed E-state index contributed by atoms with van der Waals surface area (Å²) in [5, 5.41) is 0. The van der Waals surface area contributed by atoms with Crippen molar-refractivity contribution in [3.63, 3.8) is 0 Å². The number of Topliss-reactive ketones (excluding diaryl/α,β-unsaturated/α-hetero) is 1. The first-order valence-corrected chi connectivity index (χ1v) is 11.7. The van der Waals surface area contributed by atoms with Crippen LogP contribution in [-0.4, -0.2) is 22.1 Å². The van der Waals surface area contributed by atoms with E-state index in [0.29, 0.717) is 5.91 Å². The Morgan fingerprint density at radius 3 is 2.46 bits per heavy atom. The molecule has 3 nitrogen and oxygen atoms in total. The molecule has 3 rings (SSSR count). The van der Waals surface area contributed by atoms with Crippen LogP contribution in [0, 0.1) is 11.8 Å². The van der Waals surface area contributed by atoms with Crippen molar-refractivity contribution < 1.29 is 9.59 Å². The van der Waals surface area contributed by atoms with Crippen molar-refractivity contribution in [1.29, 1.82) is 0 Å². The maximum atomic E-state index is 13.3. The van der Waals surface area contributed by atoms with Crippen LogP contribution in [0.2, 0.25) is 0 Å². The predicted octanol–water partition coefficient (Wildman–Crippen LogP) is 6.32. The van der Waals surface area contributed by atoms with Crippen LogP contribution in [0.15, 0.2) is 18.2 Å². The minimum absolute atomic E-state index is 0.0816. The summed E-state index contributed by atoms with van der Waals surface area (Å²) in [7, 11) is 0. The quantitative estimate of drug-likeness (QED) is 0.377. The smallest absolute Gasteiger partial charge is 0.230 e. The second kappa shape index (κ2) is 8.69. The van der Waals surface area contributed by atoms with Crippen molar-refractivity contribution in [3.05, 3.63) is 29.3 Å². The van der Waals surface area contributed by atoms with E-state index < -0.39 is 4.32 Å². The first-order valence-electron chi connectivity index (χ1n) is 10.9. The van der Waals surface area contributed by atoms with E-state index in [1.165, 1.54) is 32.1 Å². The lowest BCUT2D eigenvalue weighted by Gasteiger charge is -2.32. The second-order valence-corrected chi connectivity index (χ2v) is 11.2. The molecule has 0 aromatic heterocycles. The van der Waals surface area contributed by atoms with Gasteiger partial charge in [-0.3, -0.25) is 9.59 Å². The largest absolute Gasteiger partial charge is 0.309 e. The summed E-state index contributed by atoms with van der Waals surface area (Å²) in [5.41, 5.74) is 2.85. The lowest BCUT2D eigenvalue weighted by Crippen LogP contribution is -2.41. The average molecular weight is 448 g/mol. The molecule has 0 bridgehead atoms. The van der Waals surface area contributed by atoms with E-state index in [1.807, 2.05) is 36.9 Å². The standard InChI is InChI=1S/C24H34BrNO2/c1-5-6-7-17-8-10-18(11-9-17)23(28)26-16(2)14-20-15-19(12-13-21(20)26)22(27)24(3,4)25/h12-13,15-18H,5-11,14H2,1-4H3. The highest BCUT2D eigenvalue weighted by Gasteiger charge is 2.37. The molecule has 1 fully saturated rings. The minimum Gasteiger partial charge on any atom is -0.309 e. The molecular formula is C24H34BrNO2. The molecule has 0 N–H and O–H groups in total. The predicted molar refractivity (Wildman–Crippen MR) is 119 cm³/mol. The molecular weight excluding hydrogens is 414 g/mol. The molecule has 1 atom stereocenters. The van der Waals surface area contributed by atoms with Gasteiger partial charge in [-0.1, -0.05) is 42.1 Å². The Balaban J connectivity index is 1.71. The molecule has 1 unspecified atom stereocenters. The van der Waals surface area contributed by atoms with Gasteiger partial charge in [0.2, 0.25) is 5.91 Å². The van der Waals surface area contributed by atoms with Gasteiger partial charge in [-0.05, 0) is 82.6 Å². The van der Waals surface area contributed by atoms with Crippen LogP contribution in [0.5, 0.6) is 0 Å². The topological polar surface area (TPSA) is 37.4 Å². The first kappa shape index (κ1) is 21.5. The number of hydrogen-bond acceptors (Lipinski definition) is 2. The van der Waals surface area contributed by atoms with Gasteiger partial charge >= 0.3 is 0 Å². The highest BCUT2D eigenvalue weighted by Crippen LogP contribution is 2.39. The molecule has 28 heavy (non-hydrogen) atoms. The van der Waals surface area contributed by atoms with Gasteiger partial charge in [0.1, 0.15) is 0 Å². The van der Waals surface area contributed by atoms with Crippen LogP contribution in [0.1, 0.15) is 88.6 Å². The lowest BCUT2D eigenvalue weighted by molar-refractivity contribution is -0.123. The molecule has 1 saturated carbocycles. The maximum Gasteiger partial charge on any atom is 0.230 e. The summed E-state index contributed by atoms with van der Waals surface area (Å²) in [6.45, 7) is 8.12. The zero-order chi connectivity index (χ0) is 20.5. The summed E-state index contributed by atoms with van der Waals surface area (Å²) in [6.07, 6.45) is 9.17. The first-order chi connectivity index (χ1) is 13.2. The Morgan fingerprint density at radius 2 is 1.86 bits per heavy atom. The number of rotatable bonds is 6. The Morgan fingerprint density at radius 1 is 1.18 bits per heavy atom. The van der Waals surface area contributed by atoms with Crippen LogP contribution in [0.3, 0.4) is 0 Å². The average Bonchev–Trinajstić information content (AvgIpc) is 2.99.